The summed E-state index contributed by atoms with van der Waals surface area (Å²) in [5, 5.41) is 5.03. The minimum absolute atomic E-state index is 0.171. The van der Waals surface area contributed by atoms with Gasteiger partial charge in [0.2, 0.25) is 5.91 Å². The van der Waals surface area contributed by atoms with E-state index in [0.29, 0.717) is 27.8 Å². The smallest absolute Gasteiger partial charge is 0.243 e. The number of hydrogen-bond donors (Lipinski definition) is 0. The number of methoxy groups -OCH3 is 1. The fraction of sp³-hybridized carbons (Fsp3) is 0.111. The quantitative estimate of drug-likeness (QED) is 0.561. The summed E-state index contributed by atoms with van der Waals surface area (Å²) in [6, 6.07) is 8.22. The topological polar surface area (TPSA) is 69.9 Å². The average Bonchev–Trinajstić information content (AvgIpc) is 3.02. The fourth-order valence-corrected chi connectivity index (χ4v) is 2.66. The minimum Gasteiger partial charge on any atom is -0.494 e. The molecule has 0 aliphatic heterocycles. The maximum atomic E-state index is 13.9. The first kappa shape index (κ1) is 15.2. The molecular formula is C18H13FN4O2. The average molecular weight is 336 g/mol. The van der Waals surface area contributed by atoms with Gasteiger partial charge in [0.1, 0.15) is 0 Å². The van der Waals surface area contributed by atoms with Crippen molar-refractivity contribution in [1.82, 2.24) is 19.7 Å². The first-order valence-electron chi connectivity index (χ1n) is 7.56. The third kappa shape index (κ3) is 2.59. The predicted octanol–water partition coefficient (Wildman–Crippen LogP) is 3.45. The van der Waals surface area contributed by atoms with Crippen molar-refractivity contribution in [3.63, 3.8) is 0 Å². The molecule has 2 aromatic carbocycles. The third-order valence-corrected chi connectivity index (χ3v) is 3.94. The number of halogens is 1. The van der Waals surface area contributed by atoms with Gasteiger partial charge in [0.15, 0.2) is 11.6 Å². The Morgan fingerprint density at radius 1 is 1.16 bits per heavy atom. The maximum absolute atomic E-state index is 13.9. The molecule has 2 aromatic heterocycles. The Morgan fingerprint density at radius 3 is 2.72 bits per heavy atom. The molecule has 0 unspecified atom stereocenters. The van der Waals surface area contributed by atoms with E-state index in [9.17, 15) is 9.18 Å². The van der Waals surface area contributed by atoms with Crippen molar-refractivity contribution >= 4 is 27.8 Å². The van der Waals surface area contributed by atoms with E-state index in [1.54, 1.807) is 30.6 Å². The molecular weight excluding hydrogens is 323 g/mol. The van der Waals surface area contributed by atoms with Crippen LogP contribution in [0.3, 0.4) is 0 Å². The monoisotopic (exact) mass is 336 g/mol. The molecule has 25 heavy (non-hydrogen) atoms. The molecule has 0 saturated heterocycles. The molecule has 4 rings (SSSR count). The van der Waals surface area contributed by atoms with Crippen molar-refractivity contribution in [3.8, 4) is 17.0 Å². The Hall–Kier alpha value is -3.35. The van der Waals surface area contributed by atoms with Crippen molar-refractivity contribution < 1.29 is 13.9 Å². The normalized spacial score (nSPS) is 11.2. The summed E-state index contributed by atoms with van der Waals surface area (Å²) in [7, 11) is 1.42. The summed E-state index contributed by atoms with van der Waals surface area (Å²) in [5.41, 5.74) is 3.08. The number of aromatic nitrogens is 4. The van der Waals surface area contributed by atoms with E-state index < -0.39 is 5.82 Å². The summed E-state index contributed by atoms with van der Waals surface area (Å²) < 4.78 is 20.1. The second kappa shape index (κ2) is 5.62. The van der Waals surface area contributed by atoms with E-state index in [2.05, 4.69) is 15.1 Å². The van der Waals surface area contributed by atoms with Gasteiger partial charge in [0, 0.05) is 24.1 Å². The van der Waals surface area contributed by atoms with Crippen LogP contribution < -0.4 is 4.74 Å². The molecule has 4 aromatic rings. The Bertz CT molecular complexity index is 1140. The molecule has 2 heterocycles. The van der Waals surface area contributed by atoms with Crippen molar-refractivity contribution in [3.05, 3.63) is 48.5 Å². The molecule has 124 valence electrons. The van der Waals surface area contributed by atoms with Gasteiger partial charge in [-0.3, -0.25) is 9.78 Å². The van der Waals surface area contributed by atoms with Gasteiger partial charge >= 0.3 is 0 Å². The van der Waals surface area contributed by atoms with Gasteiger partial charge in [0.25, 0.3) is 0 Å². The van der Waals surface area contributed by atoms with E-state index in [0.717, 1.165) is 5.39 Å². The van der Waals surface area contributed by atoms with Crippen molar-refractivity contribution in [1.29, 1.82) is 0 Å². The van der Waals surface area contributed by atoms with Crippen molar-refractivity contribution in [2.24, 2.45) is 0 Å². The molecule has 0 N–H and O–H groups in total. The van der Waals surface area contributed by atoms with E-state index in [1.807, 2.05) is 6.07 Å². The van der Waals surface area contributed by atoms with Crippen molar-refractivity contribution in [2.75, 3.05) is 7.11 Å². The Morgan fingerprint density at radius 2 is 2.00 bits per heavy atom. The third-order valence-electron chi connectivity index (χ3n) is 3.94. The summed E-state index contributed by atoms with van der Waals surface area (Å²) in [6.07, 6.45) is 3.25. The van der Waals surface area contributed by atoms with E-state index in [1.165, 1.54) is 24.8 Å². The van der Waals surface area contributed by atoms with Crippen molar-refractivity contribution in [2.45, 2.75) is 6.92 Å². The number of hydrogen-bond acceptors (Lipinski definition) is 5. The number of fused-ring (bicyclic) bond motifs is 2. The Balaban J connectivity index is 1.85. The standard InChI is InChI=1S/C18H13FN4O2/c1-10(24)23-9-12-6-15-16(7-14(12)22-23)21-17(8-20-15)11-3-4-18(25-2)13(19)5-11/h3-9H,1-2H3. The van der Waals surface area contributed by atoms with Crippen LogP contribution in [0.4, 0.5) is 4.39 Å². The second-order valence-electron chi connectivity index (χ2n) is 5.60. The Kier molecular flexibility index (Phi) is 3.42. The molecule has 6 nitrogen and oxygen atoms in total. The van der Waals surface area contributed by atoms with E-state index in [-0.39, 0.29) is 11.7 Å². The number of benzene rings is 2. The zero-order valence-corrected chi connectivity index (χ0v) is 13.5. The lowest BCUT2D eigenvalue weighted by molar-refractivity contribution is 0.0922. The van der Waals surface area contributed by atoms with Crippen LogP contribution in [0, 0.1) is 5.82 Å². The van der Waals surface area contributed by atoms with Crippen LogP contribution in [0.5, 0.6) is 5.75 Å². The number of rotatable bonds is 2. The number of ether oxygens (including phenoxy) is 1. The van der Waals surface area contributed by atoms with E-state index >= 15 is 0 Å². The number of nitrogens with zero attached hydrogens (tertiary/aromatic N) is 4. The number of carbonyl (C=O) groups is 1. The molecule has 0 saturated carbocycles. The maximum Gasteiger partial charge on any atom is 0.243 e. The SMILES string of the molecule is COc1ccc(-c2cnc3cc4cn(C(C)=O)nc4cc3n2)cc1F. The molecule has 0 spiro atoms. The van der Waals surface area contributed by atoms with Crippen LogP contribution in [0.2, 0.25) is 0 Å². The summed E-state index contributed by atoms with van der Waals surface area (Å²) in [4.78, 5) is 20.4. The van der Waals surface area contributed by atoms with Gasteiger partial charge < -0.3 is 4.74 Å². The lowest BCUT2D eigenvalue weighted by atomic mass is 10.1. The highest BCUT2D eigenvalue weighted by atomic mass is 19.1. The highest BCUT2D eigenvalue weighted by molar-refractivity contribution is 5.94. The predicted molar refractivity (Wildman–Crippen MR) is 91.1 cm³/mol. The molecule has 7 heteroatoms. The van der Waals surface area contributed by atoms with Crippen LogP contribution >= 0.6 is 0 Å². The highest BCUT2D eigenvalue weighted by Crippen LogP contribution is 2.26. The van der Waals surface area contributed by atoms with Gasteiger partial charge in [-0.25, -0.2) is 14.1 Å². The zero-order chi connectivity index (χ0) is 17.6. The molecule has 0 atom stereocenters. The van der Waals surface area contributed by atoms with Crippen LogP contribution in [-0.4, -0.2) is 32.8 Å². The van der Waals surface area contributed by atoms with Gasteiger partial charge in [-0.2, -0.15) is 5.10 Å². The summed E-state index contributed by atoms with van der Waals surface area (Å²) >= 11 is 0. The van der Waals surface area contributed by atoms with Crippen LogP contribution in [0.1, 0.15) is 11.7 Å². The minimum atomic E-state index is -0.461. The fourth-order valence-electron chi connectivity index (χ4n) is 2.66. The second-order valence-corrected chi connectivity index (χ2v) is 5.60. The molecule has 0 aliphatic carbocycles. The zero-order valence-electron chi connectivity index (χ0n) is 13.5. The van der Waals surface area contributed by atoms with Crippen LogP contribution in [0.15, 0.2) is 42.7 Å². The summed E-state index contributed by atoms with van der Waals surface area (Å²) in [5.74, 6) is -0.456. The molecule has 0 radical (unpaired) electrons. The largest absolute Gasteiger partial charge is 0.494 e. The van der Waals surface area contributed by atoms with Gasteiger partial charge in [-0.15, -0.1) is 0 Å². The summed E-state index contributed by atoms with van der Waals surface area (Å²) in [6.45, 7) is 1.44. The molecule has 0 fully saturated rings. The molecule has 0 bridgehead atoms. The highest BCUT2D eigenvalue weighted by Gasteiger charge is 2.10. The first-order valence-corrected chi connectivity index (χ1v) is 7.56. The molecule has 0 aliphatic rings. The van der Waals surface area contributed by atoms with Crippen LogP contribution in [0.25, 0.3) is 33.2 Å². The van der Waals surface area contributed by atoms with E-state index in [4.69, 9.17) is 4.74 Å². The Labute approximate surface area is 141 Å². The molecule has 0 amide bonds. The number of carbonyl (C=O) groups excluding carboxylic acids is 1. The van der Waals surface area contributed by atoms with Gasteiger partial charge in [-0.1, -0.05) is 0 Å². The lowest BCUT2D eigenvalue weighted by Gasteiger charge is -2.05. The van der Waals surface area contributed by atoms with Gasteiger partial charge in [-0.05, 0) is 30.3 Å². The first-order chi connectivity index (χ1) is 12.0. The van der Waals surface area contributed by atoms with Gasteiger partial charge in [0.05, 0.1) is 35.6 Å². The van der Waals surface area contributed by atoms with Crippen LogP contribution in [-0.2, 0) is 0 Å². The lowest BCUT2D eigenvalue weighted by Crippen LogP contribution is -2.04.